The van der Waals surface area contributed by atoms with Crippen LogP contribution in [0.4, 0.5) is 14.5 Å². The molecule has 1 N–H and O–H groups in total. The molecule has 0 aliphatic rings. The number of nitrogens with zero attached hydrogens (tertiary/aromatic N) is 5. The number of halogens is 2. The van der Waals surface area contributed by atoms with Gasteiger partial charge in [0, 0.05) is 12.7 Å². The van der Waals surface area contributed by atoms with Gasteiger partial charge in [0.25, 0.3) is 6.43 Å². The Balaban J connectivity index is 2.12. The number of aryl methyl sites for hydroxylation is 1. The standard InChI is InChI=1S/C14H18F2N6O3/c1-4-20-6-5-10(18-20)8(2)17-11(23)7-21-9(3)13(22(24)25)12(19-21)14(15)16/h5-6,8,14H,4,7H2,1-3H3,(H,17,23). The van der Waals surface area contributed by atoms with Crippen LogP contribution >= 0.6 is 0 Å². The van der Waals surface area contributed by atoms with Crippen LogP contribution in [0.2, 0.25) is 0 Å². The lowest BCUT2D eigenvalue weighted by Crippen LogP contribution is -2.31. The molecule has 0 radical (unpaired) electrons. The molecule has 0 saturated carbocycles. The maximum absolute atomic E-state index is 12.9. The molecule has 0 aromatic carbocycles. The zero-order valence-corrected chi connectivity index (χ0v) is 13.9. The Morgan fingerprint density at radius 3 is 2.60 bits per heavy atom. The van der Waals surface area contributed by atoms with Crippen molar-refractivity contribution in [2.75, 3.05) is 0 Å². The van der Waals surface area contributed by atoms with Crippen molar-refractivity contribution in [3.63, 3.8) is 0 Å². The molecule has 2 heterocycles. The summed E-state index contributed by atoms with van der Waals surface area (Å²) in [6.07, 6.45) is -1.33. The number of aromatic nitrogens is 4. The van der Waals surface area contributed by atoms with Crippen LogP contribution in [0.3, 0.4) is 0 Å². The van der Waals surface area contributed by atoms with Crippen molar-refractivity contribution in [1.82, 2.24) is 24.9 Å². The highest BCUT2D eigenvalue weighted by Crippen LogP contribution is 2.30. The van der Waals surface area contributed by atoms with Crippen LogP contribution in [0.1, 0.15) is 43.4 Å². The average Bonchev–Trinajstić information content (AvgIpc) is 3.12. The van der Waals surface area contributed by atoms with E-state index in [-0.39, 0.29) is 5.69 Å². The molecular weight excluding hydrogens is 338 g/mol. The van der Waals surface area contributed by atoms with Crippen molar-refractivity contribution in [2.24, 2.45) is 0 Å². The number of alkyl halides is 2. The van der Waals surface area contributed by atoms with Crippen molar-refractivity contribution in [2.45, 2.75) is 46.3 Å². The number of carbonyl (C=O) groups excluding carboxylic acids is 1. The number of carbonyl (C=O) groups is 1. The monoisotopic (exact) mass is 356 g/mol. The summed E-state index contributed by atoms with van der Waals surface area (Å²) < 4.78 is 28.4. The van der Waals surface area contributed by atoms with Gasteiger partial charge < -0.3 is 5.32 Å². The zero-order chi connectivity index (χ0) is 18.7. The largest absolute Gasteiger partial charge is 0.346 e. The Labute approximate surface area is 141 Å². The lowest BCUT2D eigenvalue weighted by atomic mass is 10.2. The maximum atomic E-state index is 12.9. The first kappa shape index (κ1) is 18.5. The number of rotatable bonds is 7. The minimum atomic E-state index is -3.10. The van der Waals surface area contributed by atoms with E-state index in [4.69, 9.17) is 0 Å². The fourth-order valence-electron chi connectivity index (χ4n) is 2.37. The van der Waals surface area contributed by atoms with Gasteiger partial charge in [-0.1, -0.05) is 0 Å². The van der Waals surface area contributed by atoms with Gasteiger partial charge in [-0.05, 0) is 26.8 Å². The number of nitro groups is 1. The molecule has 0 aliphatic heterocycles. The Kier molecular flexibility index (Phi) is 5.45. The highest BCUT2D eigenvalue weighted by atomic mass is 19.3. The predicted octanol–water partition coefficient (Wildman–Crippen LogP) is 2.13. The zero-order valence-electron chi connectivity index (χ0n) is 13.9. The van der Waals surface area contributed by atoms with Crippen molar-refractivity contribution >= 4 is 11.6 Å². The number of hydrogen-bond acceptors (Lipinski definition) is 5. The van der Waals surface area contributed by atoms with Gasteiger partial charge in [0.2, 0.25) is 11.6 Å². The van der Waals surface area contributed by atoms with Crippen LogP contribution in [-0.4, -0.2) is 30.4 Å². The SMILES string of the molecule is CCn1ccc(C(C)NC(=O)Cn2nc(C(F)F)c([N+](=O)[O-])c2C)n1. The van der Waals surface area contributed by atoms with Crippen molar-refractivity contribution in [3.8, 4) is 0 Å². The molecule has 0 bridgehead atoms. The molecule has 1 atom stereocenters. The van der Waals surface area contributed by atoms with Crippen molar-refractivity contribution in [3.05, 3.63) is 39.5 Å². The van der Waals surface area contributed by atoms with Crippen LogP contribution in [0, 0.1) is 17.0 Å². The topological polar surface area (TPSA) is 108 Å². The van der Waals surface area contributed by atoms with Crippen LogP contribution in [0.25, 0.3) is 0 Å². The maximum Gasteiger partial charge on any atom is 0.319 e. The van der Waals surface area contributed by atoms with Gasteiger partial charge in [0.1, 0.15) is 12.2 Å². The van der Waals surface area contributed by atoms with Crippen molar-refractivity contribution < 1.29 is 18.5 Å². The Morgan fingerprint density at radius 2 is 2.12 bits per heavy atom. The first-order valence-corrected chi connectivity index (χ1v) is 7.57. The minimum Gasteiger partial charge on any atom is -0.346 e. The average molecular weight is 356 g/mol. The molecule has 2 aromatic heterocycles. The van der Waals surface area contributed by atoms with Gasteiger partial charge in [-0.15, -0.1) is 0 Å². The normalized spacial score (nSPS) is 12.4. The summed E-state index contributed by atoms with van der Waals surface area (Å²) in [5.74, 6) is -0.514. The summed E-state index contributed by atoms with van der Waals surface area (Å²) in [5, 5.41) is 21.4. The van der Waals surface area contributed by atoms with E-state index in [0.29, 0.717) is 12.2 Å². The van der Waals surface area contributed by atoms with E-state index < -0.39 is 41.2 Å². The van der Waals surface area contributed by atoms with E-state index in [2.05, 4.69) is 15.5 Å². The molecule has 1 unspecified atom stereocenters. The minimum absolute atomic E-state index is 0.0987. The van der Waals surface area contributed by atoms with Crippen LogP contribution < -0.4 is 5.32 Å². The van der Waals surface area contributed by atoms with E-state index in [1.54, 1.807) is 23.9 Å². The molecule has 9 nitrogen and oxygen atoms in total. The van der Waals surface area contributed by atoms with Gasteiger partial charge in [-0.3, -0.25) is 24.3 Å². The number of nitrogens with one attached hydrogen (secondary N) is 1. The van der Waals surface area contributed by atoms with Crippen LogP contribution in [-0.2, 0) is 17.9 Å². The third kappa shape index (κ3) is 3.98. The molecular formula is C14H18F2N6O3. The van der Waals surface area contributed by atoms with E-state index >= 15 is 0 Å². The highest BCUT2D eigenvalue weighted by molar-refractivity contribution is 5.76. The predicted molar refractivity (Wildman–Crippen MR) is 83.0 cm³/mol. The molecule has 0 aliphatic carbocycles. The third-order valence-electron chi connectivity index (χ3n) is 3.69. The summed E-state index contributed by atoms with van der Waals surface area (Å²) in [4.78, 5) is 22.2. The lowest BCUT2D eigenvalue weighted by Gasteiger charge is -2.12. The molecule has 0 spiro atoms. The summed E-state index contributed by atoms with van der Waals surface area (Å²) in [6.45, 7) is 5.21. The fraction of sp³-hybridized carbons (Fsp3) is 0.500. The summed E-state index contributed by atoms with van der Waals surface area (Å²) in [7, 11) is 0. The molecule has 11 heteroatoms. The van der Waals surface area contributed by atoms with Crippen LogP contribution in [0.5, 0.6) is 0 Å². The molecule has 2 aromatic rings. The van der Waals surface area contributed by atoms with Gasteiger partial charge in [-0.25, -0.2) is 8.78 Å². The summed E-state index contributed by atoms with van der Waals surface area (Å²) >= 11 is 0. The summed E-state index contributed by atoms with van der Waals surface area (Å²) in [6, 6.07) is 1.36. The van der Waals surface area contributed by atoms with E-state index in [1.165, 1.54) is 6.92 Å². The molecule has 0 saturated heterocycles. The second kappa shape index (κ2) is 7.36. The smallest absolute Gasteiger partial charge is 0.319 e. The Hall–Kier alpha value is -2.85. The number of hydrogen-bond donors (Lipinski definition) is 1. The molecule has 0 fully saturated rings. The van der Waals surface area contributed by atoms with E-state index in [0.717, 1.165) is 4.68 Å². The first-order valence-electron chi connectivity index (χ1n) is 7.57. The highest BCUT2D eigenvalue weighted by Gasteiger charge is 2.31. The fourth-order valence-corrected chi connectivity index (χ4v) is 2.37. The molecule has 25 heavy (non-hydrogen) atoms. The van der Waals surface area contributed by atoms with Crippen molar-refractivity contribution in [1.29, 1.82) is 0 Å². The second-order valence-corrected chi connectivity index (χ2v) is 5.42. The number of amides is 1. The Bertz CT molecular complexity index is 786. The van der Waals surface area contributed by atoms with E-state index in [1.807, 2.05) is 6.92 Å². The molecule has 136 valence electrons. The lowest BCUT2D eigenvalue weighted by molar-refractivity contribution is -0.386. The first-order chi connectivity index (χ1) is 11.7. The van der Waals surface area contributed by atoms with Gasteiger partial charge in [0.15, 0.2) is 0 Å². The quantitative estimate of drug-likeness (QED) is 0.604. The summed E-state index contributed by atoms with van der Waals surface area (Å²) in [5.41, 5.74) is -1.16. The van der Waals surface area contributed by atoms with Crippen LogP contribution in [0.15, 0.2) is 12.3 Å². The Morgan fingerprint density at radius 1 is 1.44 bits per heavy atom. The van der Waals surface area contributed by atoms with Gasteiger partial charge in [0.05, 0.1) is 16.7 Å². The third-order valence-corrected chi connectivity index (χ3v) is 3.69. The van der Waals surface area contributed by atoms with Gasteiger partial charge in [-0.2, -0.15) is 10.2 Å². The molecule has 2 rings (SSSR count). The second-order valence-electron chi connectivity index (χ2n) is 5.42. The van der Waals surface area contributed by atoms with E-state index in [9.17, 15) is 23.7 Å². The molecule has 1 amide bonds. The van der Waals surface area contributed by atoms with Gasteiger partial charge >= 0.3 is 5.69 Å².